The van der Waals surface area contributed by atoms with E-state index >= 15 is 0 Å². The zero-order valence-electron chi connectivity index (χ0n) is 22.9. The first-order chi connectivity index (χ1) is 19.3. The van der Waals surface area contributed by atoms with E-state index in [1.165, 1.54) is 26.0 Å². The van der Waals surface area contributed by atoms with Gasteiger partial charge < -0.3 is 10.2 Å². The Balaban J connectivity index is 1.54. The average Bonchev–Trinajstić information content (AvgIpc) is 3.70. The van der Waals surface area contributed by atoms with Gasteiger partial charge >= 0.3 is 6.18 Å². The number of carbonyl (C=O) groups is 1. The molecule has 2 N–H and O–H groups in total. The van der Waals surface area contributed by atoms with E-state index in [2.05, 4.69) is 15.6 Å². The molecule has 2 aliphatic rings. The third kappa shape index (κ3) is 7.62. The van der Waals surface area contributed by atoms with Crippen LogP contribution in [-0.2, 0) is 4.79 Å². The molecule has 216 valence electrons. The fourth-order valence-corrected chi connectivity index (χ4v) is 4.98. The van der Waals surface area contributed by atoms with Crippen molar-refractivity contribution in [3.63, 3.8) is 0 Å². The number of benzene rings is 2. The lowest BCUT2D eigenvalue weighted by Crippen LogP contribution is -2.53. The van der Waals surface area contributed by atoms with Crippen LogP contribution in [0.3, 0.4) is 0 Å². The van der Waals surface area contributed by atoms with Gasteiger partial charge in [-0.2, -0.15) is 28.7 Å². The fourth-order valence-electron chi connectivity index (χ4n) is 4.98. The van der Waals surface area contributed by atoms with Gasteiger partial charge in [0.1, 0.15) is 23.1 Å². The molecule has 1 saturated heterocycles. The second-order valence-electron chi connectivity index (χ2n) is 11.2. The number of nitrogens with one attached hydrogen (secondary N) is 2. The van der Waals surface area contributed by atoms with Crippen molar-refractivity contribution in [2.24, 2.45) is 4.99 Å². The van der Waals surface area contributed by atoms with Gasteiger partial charge in [0.2, 0.25) is 12.1 Å². The Kier molecular flexibility index (Phi) is 8.69. The summed E-state index contributed by atoms with van der Waals surface area (Å²) in [6.07, 6.45) is 0.0389. The third-order valence-corrected chi connectivity index (χ3v) is 7.31. The van der Waals surface area contributed by atoms with E-state index in [9.17, 15) is 27.6 Å². The molecule has 1 amide bonds. The second kappa shape index (κ2) is 11.9. The molecule has 4 rings (SSSR count). The van der Waals surface area contributed by atoms with Gasteiger partial charge in [-0.15, -0.1) is 0 Å². The molecule has 7 nitrogen and oxygen atoms in total. The van der Waals surface area contributed by atoms with Crippen LogP contribution >= 0.6 is 0 Å². The van der Waals surface area contributed by atoms with Crippen molar-refractivity contribution >= 4 is 17.4 Å². The summed E-state index contributed by atoms with van der Waals surface area (Å²) in [6.45, 7) is 3.13. The Morgan fingerprint density at radius 1 is 1.02 bits per heavy atom. The highest BCUT2D eigenvalue weighted by Crippen LogP contribution is 2.37. The molecule has 0 bridgehead atoms. The number of hydrogen-bond donors (Lipinski definition) is 2. The van der Waals surface area contributed by atoms with Crippen LogP contribution in [0.5, 0.6) is 0 Å². The number of halogens is 4. The smallest absolute Gasteiger partial charge is 0.336 e. The van der Waals surface area contributed by atoms with Crippen LogP contribution in [0.2, 0.25) is 0 Å². The van der Waals surface area contributed by atoms with Gasteiger partial charge in [-0.05, 0) is 68.4 Å². The molecule has 2 aromatic carbocycles. The Bertz CT molecular complexity index is 1350. The van der Waals surface area contributed by atoms with Crippen LogP contribution in [0.1, 0.15) is 64.0 Å². The van der Waals surface area contributed by atoms with Gasteiger partial charge in [-0.25, -0.2) is 4.39 Å². The number of carbonyl (C=O) groups excluding carboxylic acids is 1. The zero-order chi connectivity index (χ0) is 29.8. The van der Waals surface area contributed by atoms with Crippen molar-refractivity contribution < 1.29 is 22.4 Å². The summed E-state index contributed by atoms with van der Waals surface area (Å²) in [5.41, 5.74) is -0.797. The Morgan fingerprint density at radius 2 is 1.63 bits per heavy atom. The lowest BCUT2D eigenvalue weighted by atomic mass is 9.96. The summed E-state index contributed by atoms with van der Waals surface area (Å²) in [6, 6.07) is 11.5. The van der Waals surface area contributed by atoms with Gasteiger partial charge in [0.05, 0.1) is 12.1 Å². The molecule has 2 unspecified atom stereocenters. The second-order valence-corrected chi connectivity index (χ2v) is 11.2. The van der Waals surface area contributed by atoms with Crippen molar-refractivity contribution in [2.45, 2.75) is 81.8 Å². The van der Waals surface area contributed by atoms with Crippen molar-refractivity contribution in [3.05, 3.63) is 54.1 Å². The molecule has 11 heteroatoms. The van der Waals surface area contributed by atoms with Crippen molar-refractivity contribution in [1.82, 2.24) is 10.6 Å². The van der Waals surface area contributed by atoms with Crippen LogP contribution in [0.15, 0.2) is 53.5 Å². The number of piperidine rings is 1. The maximum absolute atomic E-state index is 14.5. The number of nitrogens with zero attached hydrogens (tertiary/aromatic N) is 4. The van der Waals surface area contributed by atoms with Gasteiger partial charge in [0.25, 0.3) is 0 Å². The molecule has 1 heterocycles. The van der Waals surface area contributed by atoms with Crippen LogP contribution in [0.25, 0.3) is 11.1 Å². The number of hydrogen-bond acceptors (Lipinski definition) is 5. The quantitative estimate of drug-likeness (QED) is 0.281. The van der Waals surface area contributed by atoms with E-state index in [1.807, 2.05) is 41.4 Å². The summed E-state index contributed by atoms with van der Waals surface area (Å²) >= 11 is 0. The topological polar surface area (TPSA) is 104 Å². The lowest BCUT2D eigenvalue weighted by Gasteiger charge is -2.30. The molecule has 1 aliphatic heterocycles. The van der Waals surface area contributed by atoms with E-state index in [0.29, 0.717) is 24.2 Å². The third-order valence-electron chi connectivity index (χ3n) is 7.31. The monoisotopic (exact) mass is 568 g/mol. The van der Waals surface area contributed by atoms with Gasteiger partial charge in [0, 0.05) is 25.1 Å². The van der Waals surface area contributed by atoms with E-state index in [4.69, 9.17) is 5.26 Å². The first-order valence-corrected chi connectivity index (χ1v) is 13.5. The highest BCUT2D eigenvalue weighted by atomic mass is 19.4. The molecule has 1 saturated carbocycles. The van der Waals surface area contributed by atoms with E-state index in [-0.39, 0.29) is 5.56 Å². The predicted molar refractivity (Wildman–Crippen MR) is 147 cm³/mol. The molecule has 0 aromatic heterocycles. The number of amides is 1. The SMILES string of the molecule is CC(C)(F)CC(NC(c1ccc(-c2ccc(N3CCCC/C3=N\C#N)cc2)cc1)C(F)(F)F)C(=O)NC1(C#N)CC1. The molecule has 2 fully saturated rings. The van der Waals surface area contributed by atoms with Gasteiger partial charge in [-0.3, -0.25) is 10.1 Å². The minimum Gasteiger partial charge on any atom is -0.336 e. The number of anilines is 1. The maximum Gasteiger partial charge on any atom is 0.407 e. The lowest BCUT2D eigenvalue weighted by molar-refractivity contribution is -0.161. The zero-order valence-corrected chi connectivity index (χ0v) is 22.9. The molecule has 1 aliphatic carbocycles. The highest BCUT2D eigenvalue weighted by Gasteiger charge is 2.48. The summed E-state index contributed by atoms with van der Waals surface area (Å²) in [5, 5.41) is 23.1. The van der Waals surface area contributed by atoms with E-state index in [1.54, 1.807) is 12.1 Å². The van der Waals surface area contributed by atoms with Crippen LogP contribution < -0.4 is 15.5 Å². The van der Waals surface area contributed by atoms with E-state index < -0.39 is 41.8 Å². The molecule has 41 heavy (non-hydrogen) atoms. The molecular formula is C30H32F4N6O. The van der Waals surface area contributed by atoms with Crippen molar-refractivity contribution in [1.29, 1.82) is 10.5 Å². The van der Waals surface area contributed by atoms with Crippen LogP contribution in [-0.4, -0.2) is 41.7 Å². The van der Waals surface area contributed by atoms with Crippen LogP contribution in [0.4, 0.5) is 23.2 Å². The Labute approximate surface area is 236 Å². The molecule has 2 aromatic rings. The first kappa shape index (κ1) is 30.0. The molecule has 2 atom stereocenters. The summed E-state index contributed by atoms with van der Waals surface area (Å²) in [4.78, 5) is 18.8. The maximum atomic E-state index is 14.5. The first-order valence-electron chi connectivity index (χ1n) is 13.5. The fraction of sp³-hybridized carbons (Fsp3) is 0.467. The minimum absolute atomic E-state index is 0.126. The van der Waals surface area contributed by atoms with Crippen molar-refractivity contribution in [2.75, 3.05) is 11.4 Å². The largest absolute Gasteiger partial charge is 0.407 e. The number of nitriles is 2. The summed E-state index contributed by atoms with van der Waals surface area (Å²) in [7, 11) is 0. The average molecular weight is 569 g/mol. The standard InChI is InChI=1S/C30H32F4N6O/c1-28(2,31)17-24(27(41)39-29(18-35)14-15-29)38-26(30(32,33)34)22-8-6-20(7-9-22)21-10-12-23(13-11-21)40-16-4-3-5-25(40)37-19-36/h6-13,24,26,38H,3-5,14-17H2,1-2H3,(H,39,41)/b37-25+. The summed E-state index contributed by atoms with van der Waals surface area (Å²) in [5.74, 6) is -0.123. The minimum atomic E-state index is -4.77. The normalized spacial score (nSPS) is 19.1. The number of amidine groups is 1. The molecule has 0 spiro atoms. The number of alkyl halides is 4. The molecular weight excluding hydrogens is 536 g/mol. The molecule has 0 radical (unpaired) electrons. The Morgan fingerprint density at radius 3 is 2.15 bits per heavy atom. The highest BCUT2D eigenvalue weighted by molar-refractivity contribution is 5.99. The number of rotatable bonds is 9. The van der Waals surface area contributed by atoms with E-state index in [0.717, 1.165) is 37.1 Å². The summed E-state index contributed by atoms with van der Waals surface area (Å²) < 4.78 is 57.2. The Hall–Kier alpha value is -3.96. The van der Waals surface area contributed by atoms with Crippen LogP contribution in [0, 0.1) is 22.8 Å². The predicted octanol–water partition coefficient (Wildman–Crippen LogP) is 6.10. The van der Waals surface area contributed by atoms with Gasteiger partial charge in [-0.1, -0.05) is 36.4 Å². The number of aliphatic imine (C=N–C) groups is 1. The van der Waals surface area contributed by atoms with Gasteiger partial charge in [0.15, 0.2) is 0 Å². The van der Waals surface area contributed by atoms with Crippen molar-refractivity contribution in [3.8, 4) is 23.4 Å².